The number of nitrogens with two attached hydrogens (primary N) is 1. The van der Waals surface area contributed by atoms with Gasteiger partial charge in [0.05, 0.1) is 19.4 Å². The van der Waals surface area contributed by atoms with Crippen LogP contribution in [0.3, 0.4) is 0 Å². The average molecular weight is 257 g/mol. The van der Waals surface area contributed by atoms with Crippen molar-refractivity contribution in [3.63, 3.8) is 0 Å². The molecule has 0 heterocycles. The van der Waals surface area contributed by atoms with E-state index in [0.717, 1.165) is 0 Å². The van der Waals surface area contributed by atoms with Gasteiger partial charge in [0.15, 0.2) is 0 Å². The summed E-state index contributed by atoms with van der Waals surface area (Å²) in [7, 11) is 1.52. The van der Waals surface area contributed by atoms with Crippen LogP contribution in [0.25, 0.3) is 0 Å². The Morgan fingerprint density at radius 2 is 2.11 bits per heavy atom. The van der Waals surface area contributed by atoms with Crippen LogP contribution in [0.5, 0.6) is 11.5 Å². The fourth-order valence-electron chi connectivity index (χ4n) is 1.29. The molecule has 0 unspecified atom stereocenters. The summed E-state index contributed by atoms with van der Waals surface area (Å²) in [5, 5.41) is 0. The Hall–Kier alpha value is -1.78. The Morgan fingerprint density at radius 1 is 1.44 bits per heavy atom. The van der Waals surface area contributed by atoms with E-state index in [2.05, 4.69) is 6.58 Å². The van der Waals surface area contributed by atoms with E-state index >= 15 is 0 Å². The number of allylic oxidation sites excluding steroid dienone is 1. The van der Waals surface area contributed by atoms with Crippen molar-refractivity contribution in [2.24, 2.45) is 0 Å². The Morgan fingerprint density at radius 3 is 2.61 bits per heavy atom. The summed E-state index contributed by atoms with van der Waals surface area (Å²) in [6.45, 7) is 4.41. The maximum atomic E-state index is 13.2. The first-order valence-electron chi connectivity index (χ1n) is 5.47. The van der Waals surface area contributed by atoms with E-state index in [1.807, 2.05) is 0 Å². The second-order valence-corrected chi connectivity index (χ2v) is 3.99. The molecule has 0 aliphatic carbocycles. The molecule has 0 saturated carbocycles. The normalized spacial score (nSPS) is 11.1. The molecule has 0 atom stereocenters. The zero-order valence-electron chi connectivity index (χ0n) is 10.5. The van der Waals surface area contributed by atoms with Gasteiger partial charge < -0.3 is 15.2 Å². The summed E-state index contributed by atoms with van der Waals surface area (Å²) < 4.78 is 36.7. The molecule has 1 aromatic rings. The predicted octanol–water partition coefficient (Wildman–Crippen LogP) is 3.26. The largest absolute Gasteiger partial charge is 0.497 e. The van der Waals surface area contributed by atoms with E-state index in [0.29, 0.717) is 17.2 Å². The lowest BCUT2D eigenvalue weighted by atomic mass is 10.1. The SMILES string of the molecule is C=C(C)C(F)(F)CCOc1ccc(OC)cc1N. The minimum Gasteiger partial charge on any atom is -0.497 e. The molecular weight excluding hydrogens is 240 g/mol. The van der Waals surface area contributed by atoms with Crippen molar-refractivity contribution in [3.8, 4) is 11.5 Å². The molecule has 0 aliphatic rings. The zero-order chi connectivity index (χ0) is 13.8. The number of benzene rings is 1. The van der Waals surface area contributed by atoms with Gasteiger partial charge in [0.25, 0.3) is 5.92 Å². The Labute approximate surface area is 105 Å². The number of halogens is 2. The van der Waals surface area contributed by atoms with Crippen molar-refractivity contribution < 1.29 is 18.3 Å². The molecule has 2 N–H and O–H groups in total. The summed E-state index contributed by atoms with van der Waals surface area (Å²) in [6.07, 6.45) is -0.423. The van der Waals surface area contributed by atoms with Crippen LogP contribution < -0.4 is 15.2 Å². The molecule has 0 aromatic heterocycles. The van der Waals surface area contributed by atoms with Gasteiger partial charge in [-0.3, -0.25) is 0 Å². The lowest BCUT2D eigenvalue weighted by Gasteiger charge is -2.17. The molecule has 0 aliphatic heterocycles. The van der Waals surface area contributed by atoms with Crippen LogP contribution in [0.4, 0.5) is 14.5 Å². The van der Waals surface area contributed by atoms with Crippen LogP contribution >= 0.6 is 0 Å². The third-order valence-corrected chi connectivity index (χ3v) is 2.51. The van der Waals surface area contributed by atoms with E-state index in [9.17, 15) is 8.78 Å². The van der Waals surface area contributed by atoms with Gasteiger partial charge in [0, 0.05) is 12.5 Å². The third-order valence-electron chi connectivity index (χ3n) is 2.51. The number of alkyl halides is 2. The van der Waals surface area contributed by atoms with Crippen LogP contribution in [0, 0.1) is 0 Å². The smallest absolute Gasteiger partial charge is 0.272 e. The molecule has 0 fully saturated rings. The molecule has 1 rings (SSSR count). The second-order valence-electron chi connectivity index (χ2n) is 3.99. The minimum absolute atomic E-state index is 0.129. The van der Waals surface area contributed by atoms with Gasteiger partial charge >= 0.3 is 0 Å². The van der Waals surface area contributed by atoms with Crippen molar-refractivity contribution in [1.29, 1.82) is 0 Å². The zero-order valence-corrected chi connectivity index (χ0v) is 10.5. The molecule has 0 spiro atoms. The van der Waals surface area contributed by atoms with Crippen molar-refractivity contribution in [2.45, 2.75) is 19.3 Å². The van der Waals surface area contributed by atoms with Gasteiger partial charge in [-0.1, -0.05) is 6.58 Å². The monoisotopic (exact) mass is 257 g/mol. The average Bonchev–Trinajstić information content (AvgIpc) is 2.30. The molecule has 3 nitrogen and oxygen atoms in total. The van der Waals surface area contributed by atoms with E-state index < -0.39 is 12.3 Å². The lowest BCUT2D eigenvalue weighted by molar-refractivity contribution is 0.0195. The lowest BCUT2D eigenvalue weighted by Crippen LogP contribution is -2.20. The highest BCUT2D eigenvalue weighted by molar-refractivity contribution is 5.56. The van der Waals surface area contributed by atoms with Gasteiger partial charge in [-0.15, -0.1) is 0 Å². The van der Waals surface area contributed by atoms with Crippen LogP contribution in [-0.4, -0.2) is 19.6 Å². The highest BCUT2D eigenvalue weighted by Crippen LogP contribution is 2.29. The van der Waals surface area contributed by atoms with Gasteiger partial charge in [0.2, 0.25) is 0 Å². The fraction of sp³-hybridized carbons (Fsp3) is 0.385. The number of methoxy groups -OCH3 is 1. The standard InChI is InChI=1S/C13H17F2NO2/c1-9(2)13(14,15)6-7-18-12-5-4-10(17-3)8-11(12)16/h4-5,8H,1,6-7,16H2,2-3H3. The molecule has 100 valence electrons. The molecule has 0 bridgehead atoms. The van der Waals surface area contributed by atoms with Crippen molar-refractivity contribution in [2.75, 3.05) is 19.5 Å². The van der Waals surface area contributed by atoms with Crippen molar-refractivity contribution in [1.82, 2.24) is 0 Å². The van der Waals surface area contributed by atoms with E-state index in [1.54, 1.807) is 18.2 Å². The van der Waals surface area contributed by atoms with Crippen LogP contribution in [0.1, 0.15) is 13.3 Å². The molecule has 0 amide bonds. The first-order chi connectivity index (χ1) is 8.36. The molecule has 1 aromatic carbocycles. The first-order valence-corrected chi connectivity index (χ1v) is 5.47. The maximum Gasteiger partial charge on any atom is 0.272 e. The molecule has 5 heteroatoms. The summed E-state index contributed by atoms with van der Waals surface area (Å²) in [5.74, 6) is -1.96. The van der Waals surface area contributed by atoms with E-state index in [4.69, 9.17) is 15.2 Å². The van der Waals surface area contributed by atoms with Gasteiger partial charge in [0.1, 0.15) is 11.5 Å². The van der Waals surface area contributed by atoms with Crippen molar-refractivity contribution >= 4 is 5.69 Å². The fourth-order valence-corrected chi connectivity index (χ4v) is 1.29. The predicted molar refractivity (Wildman–Crippen MR) is 67.3 cm³/mol. The van der Waals surface area contributed by atoms with Crippen LogP contribution in [0.2, 0.25) is 0 Å². The molecule has 0 radical (unpaired) electrons. The number of rotatable bonds is 6. The van der Waals surface area contributed by atoms with Gasteiger partial charge in [-0.25, -0.2) is 8.78 Å². The maximum absolute atomic E-state index is 13.2. The second kappa shape index (κ2) is 5.71. The summed E-state index contributed by atoms with van der Waals surface area (Å²) >= 11 is 0. The molecule has 18 heavy (non-hydrogen) atoms. The Balaban J connectivity index is 2.57. The summed E-state index contributed by atoms with van der Waals surface area (Å²) in [6, 6.07) is 4.82. The van der Waals surface area contributed by atoms with E-state index in [-0.39, 0.29) is 12.2 Å². The number of hydrogen-bond acceptors (Lipinski definition) is 3. The molecule has 0 saturated heterocycles. The number of hydrogen-bond donors (Lipinski definition) is 1. The number of anilines is 1. The van der Waals surface area contributed by atoms with Crippen LogP contribution in [0.15, 0.2) is 30.4 Å². The Kier molecular flexibility index (Phi) is 4.53. The number of ether oxygens (including phenoxy) is 2. The molecular formula is C13H17F2NO2. The van der Waals surface area contributed by atoms with Crippen molar-refractivity contribution in [3.05, 3.63) is 30.4 Å². The third kappa shape index (κ3) is 3.61. The topological polar surface area (TPSA) is 44.5 Å². The number of nitrogen functional groups attached to an aromatic ring is 1. The quantitative estimate of drug-likeness (QED) is 0.628. The van der Waals surface area contributed by atoms with E-state index in [1.165, 1.54) is 14.0 Å². The van der Waals surface area contributed by atoms with Gasteiger partial charge in [-0.05, 0) is 24.6 Å². The van der Waals surface area contributed by atoms with Gasteiger partial charge in [-0.2, -0.15) is 0 Å². The summed E-state index contributed by atoms with van der Waals surface area (Å²) in [4.78, 5) is 0. The minimum atomic E-state index is -2.92. The van der Waals surface area contributed by atoms with Crippen LogP contribution in [-0.2, 0) is 0 Å². The summed E-state index contributed by atoms with van der Waals surface area (Å²) in [5.41, 5.74) is 5.88. The first kappa shape index (κ1) is 14.3. The Bertz CT molecular complexity index is 433. The highest BCUT2D eigenvalue weighted by Gasteiger charge is 2.29. The highest BCUT2D eigenvalue weighted by atomic mass is 19.3.